The van der Waals surface area contributed by atoms with Crippen LogP contribution in [-0.4, -0.2) is 17.2 Å². The van der Waals surface area contributed by atoms with Crippen molar-refractivity contribution in [1.82, 2.24) is 10.3 Å². The van der Waals surface area contributed by atoms with E-state index >= 15 is 0 Å². The van der Waals surface area contributed by atoms with Crippen LogP contribution in [-0.2, 0) is 6.54 Å². The number of halogens is 1. The molecule has 2 N–H and O–H groups in total. The standard InChI is InChI=1S/C14H14FN3OS/c1-19-13-7-6-12(9-16-13)18-14(20)17-8-10-2-4-11(15)5-3-10/h2-7,9H,8H2,1H3,(H2,17,18,20). The Bertz CT molecular complexity index is 572. The van der Waals surface area contributed by atoms with E-state index in [2.05, 4.69) is 15.6 Å². The number of hydrogen-bond acceptors (Lipinski definition) is 3. The van der Waals surface area contributed by atoms with E-state index in [9.17, 15) is 4.39 Å². The highest BCUT2D eigenvalue weighted by Crippen LogP contribution is 2.10. The number of ether oxygens (including phenoxy) is 1. The molecule has 0 radical (unpaired) electrons. The molecule has 6 heteroatoms. The summed E-state index contributed by atoms with van der Waals surface area (Å²) < 4.78 is 17.7. The SMILES string of the molecule is COc1ccc(NC(=S)NCc2ccc(F)cc2)cn1. The lowest BCUT2D eigenvalue weighted by Gasteiger charge is -2.10. The van der Waals surface area contributed by atoms with Gasteiger partial charge >= 0.3 is 0 Å². The maximum absolute atomic E-state index is 12.8. The quantitative estimate of drug-likeness (QED) is 0.848. The molecule has 0 aliphatic carbocycles. The van der Waals surface area contributed by atoms with Crippen LogP contribution in [0.2, 0.25) is 0 Å². The summed E-state index contributed by atoms with van der Waals surface area (Å²) >= 11 is 5.17. The Morgan fingerprint density at radius 3 is 2.60 bits per heavy atom. The smallest absolute Gasteiger partial charge is 0.213 e. The van der Waals surface area contributed by atoms with Crippen LogP contribution >= 0.6 is 12.2 Å². The molecule has 0 unspecified atom stereocenters. The first-order valence-electron chi connectivity index (χ1n) is 5.97. The Hall–Kier alpha value is -2.21. The monoisotopic (exact) mass is 291 g/mol. The van der Waals surface area contributed by atoms with Crippen molar-refractivity contribution in [3.8, 4) is 5.88 Å². The number of methoxy groups -OCH3 is 1. The van der Waals surface area contributed by atoms with Crippen LogP contribution in [0.4, 0.5) is 10.1 Å². The molecule has 4 nitrogen and oxygen atoms in total. The summed E-state index contributed by atoms with van der Waals surface area (Å²) in [7, 11) is 1.56. The van der Waals surface area contributed by atoms with Gasteiger partial charge in [0.05, 0.1) is 19.0 Å². The van der Waals surface area contributed by atoms with E-state index in [-0.39, 0.29) is 5.82 Å². The van der Waals surface area contributed by atoms with Gasteiger partial charge in [-0.2, -0.15) is 0 Å². The molecule has 0 fully saturated rings. The molecule has 1 aromatic carbocycles. The highest BCUT2D eigenvalue weighted by Gasteiger charge is 2.00. The van der Waals surface area contributed by atoms with Gasteiger partial charge in [-0.1, -0.05) is 12.1 Å². The zero-order valence-electron chi connectivity index (χ0n) is 10.9. The number of hydrogen-bond donors (Lipinski definition) is 2. The van der Waals surface area contributed by atoms with E-state index in [0.717, 1.165) is 11.3 Å². The Labute approximate surface area is 122 Å². The summed E-state index contributed by atoms with van der Waals surface area (Å²) in [5.74, 6) is 0.291. The fourth-order valence-electron chi connectivity index (χ4n) is 1.53. The number of benzene rings is 1. The average molecular weight is 291 g/mol. The molecule has 0 saturated carbocycles. The number of nitrogens with zero attached hydrogens (tertiary/aromatic N) is 1. The number of nitrogens with one attached hydrogen (secondary N) is 2. The summed E-state index contributed by atoms with van der Waals surface area (Å²) in [6.45, 7) is 0.524. The first-order chi connectivity index (χ1) is 9.67. The summed E-state index contributed by atoms with van der Waals surface area (Å²) in [5.41, 5.74) is 1.71. The molecule has 2 rings (SSSR count). The van der Waals surface area contributed by atoms with Gasteiger partial charge in [-0.15, -0.1) is 0 Å². The Balaban J connectivity index is 1.84. The van der Waals surface area contributed by atoms with Crippen molar-refractivity contribution in [3.63, 3.8) is 0 Å². The Morgan fingerprint density at radius 1 is 1.25 bits per heavy atom. The maximum Gasteiger partial charge on any atom is 0.213 e. The molecule has 0 saturated heterocycles. The number of aromatic nitrogens is 1. The lowest BCUT2D eigenvalue weighted by molar-refractivity contribution is 0.398. The van der Waals surface area contributed by atoms with Gasteiger partial charge in [0.1, 0.15) is 5.82 Å². The van der Waals surface area contributed by atoms with Gasteiger partial charge in [0.15, 0.2) is 5.11 Å². The molecule has 0 spiro atoms. The normalized spacial score (nSPS) is 9.90. The maximum atomic E-state index is 12.8. The second-order valence-corrected chi connectivity index (χ2v) is 4.43. The summed E-state index contributed by atoms with van der Waals surface area (Å²) in [5, 5.41) is 6.51. The van der Waals surface area contributed by atoms with Gasteiger partial charge in [0.2, 0.25) is 5.88 Å². The highest BCUT2D eigenvalue weighted by molar-refractivity contribution is 7.80. The van der Waals surface area contributed by atoms with Crippen LogP contribution in [0.1, 0.15) is 5.56 Å². The molecule has 0 atom stereocenters. The van der Waals surface area contributed by atoms with Crippen LogP contribution in [0.3, 0.4) is 0 Å². The van der Waals surface area contributed by atoms with Crippen molar-refractivity contribution in [2.45, 2.75) is 6.54 Å². The molecular formula is C14H14FN3OS. The second kappa shape index (κ2) is 6.81. The number of thiocarbonyl (C=S) groups is 1. The Kier molecular flexibility index (Phi) is 4.84. The molecular weight excluding hydrogens is 277 g/mol. The van der Waals surface area contributed by atoms with E-state index in [0.29, 0.717) is 17.5 Å². The summed E-state index contributed by atoms with van der Waals surface area (Å²) in [6.07, 6.45) is 1.63. The van der Waals surface area contributed by atoms with Crippen LogP contribution in [0.5, 0.6) is 5.88 Å². The molecule has 0 aliphatic heterocycles. The van der Waals surface area contributed by atoms with Gasteiger partial charge < -0.3 is 15.4 Å². The summed E-state index contributed by atoms with van der Waals surface area (Å²) in [4.78, 5) is 4.06. The van der Waals surface area contributed by atoms with Crippen LogP contribution in [0.15, 0.2) is 42.6 Å². The van der Waals surface area contributed by atoms with Gasteiger partial charge in [-0.25, -0.2) is 9.37 Å². The lowest BCUT2D eigenvalue weighted by atomic mass is 10.2. The largest absolute Gasteiger partial charge is 0.481 e. The predicted molar refractivity (Wildman–Crippen MR) is 80.2 cm³/mol. The fraction of sp³-hybridized carbons (Fsp3) is 0.143. The lowest BCUT2D eigenvalue weighted by Crippen LogP contribution is -2.27. The van der Waals surface area contributed by atoms with E-state index in [4.69, 9.17) is 17.0 Å². The van der Waals surface area contributed by atoms with Gasteiger partial charge in [0, 0.05) is 12.6 Å². The van der Waals surface area contributed by atoms with Crippen molar-refractivity contribution < 1.29 is 9.13 Å². The van der Waals surface area contributed by atoms with E-state index in [1.54, 1.807) is 31.5 Å². The molecule has 2 aromatic rings. The number of pyridine rings is 1. The third-order valence-corrected chi connectivity index (χ3v) is 2.82. The van der Waals surface area contributed by atoms with E-state index < -0.39 is 0 Å². The van der Waals surface area contributed by atoms with Crippen molar-refractivity contribution in [2.24, 2.45) is 0 Å². The third-order valence-electron chi connectivity index (χ3n) is 2.57. The third kappa shape index (κ3) is 4.17. The minimum Gasteiger partial charge on any atom is -0.481 e. The molecule has 20 heavy (non-hydrogen) atoms. The van der Waals surface area contributed by atoms with Gasteiger partial charge in [-0.3, -0.25) is 0 Å². The van der Waals surface area contributed by atoms with Gasteiger partial charge in [-0.05, 0) is 36.0 Å². The van der Waals surface area contributed by atoms with Crippen molar-refractivity contribution >= 4 is 23.0 Å². The van der Waals surface area contributed by atoms with Gasteiger partial charge in [0.25, 0.3) is 0 Å². The van der Waals surface area contributed by atoms with Crippen molar-refractivity contribution in [2.75, 3.05) is 12.4 Å². The topological polar surface area (TPSA) is 46.2 Å². The fourth-order valence-corrected chi connectivity index (χ4v) is 1.72. The van der Waals surface area contributed by atoms with Crippen molar-refractivity contribution in [3.05, 3.63) is 54.0 Å². The summed E-state index contributed by atoms with van der Waals surface area (Å²) in [6, 6.07) is 9.81. The molecule has 0 bridgehead atoms. The number of rotatable bonds is 4. The minimum absolute atomic E-state index is 0.251. The molecule has 0 aliphatic rings. The molecule has 1 heterocycles. The zero-order valence-corrected chi connectivity index (χ0v) is 11.7. The molecule has 0 amide bonds. The zero-order chi connectivity index (χ0) is 14.4. The average Bonchev–Trinajstić information content (AvgIpc) is 2.47. The second-order valence-electron chi connectivity index (χ2n) is 4.02. The van der Waals surface area contributed by atoms with Crippen molar-refractivity contribution in [1.29, 1.82) is 0 Å². The predicted octanol–water partition coefficient (Wildman–Crippen LogP) is 2.72. The first kappa shape index (κ1) is 14.2. The van der Waals surface area contributed by atoms with E-state index in [1.165, 1.54) is 12.1 Å². The highest BCUT2D eigenvalue weighted by atomic mass is 32.1. The van der Waals surface area contributed by atoms with Crippen LogP contribution in [0.25, 0.3) is 0 Å². The van der Waals surface area contributed by atoms with E-state index in [1.807, 2.05) is 6.07 Å². The molecule has 104 valence electrons. The number of anilines is 1. The Morgan fingerprint density at radius 2 is 2.00 bits per heavy atom. The van der Waals surface area contributed by atoms with Crippen LogP contribution < -0.4 is 15.4 Å². The first-order valence-corrected chi connectivity index (χ1v) is 6.37. The molecule has 1 aromatic heterocycles. The van der Waals surface area contributed by atoms with Crippen LogP contribution in [0, 0.1) is 5.82 Å². The minimum atomic E-state index is -0.251.